The van der Waals surface area contributed by atoms with Crippen LogP contribution in [-0.4, -0.2) is 0 Å². The van der Waals surface area contributed by atoms with Crippen molar-refractivity contribution in [1.29, 1.82) is 0 Å². The summed E-state index contributed by atoms with van der Waals surface area (Å²) in [7, 11) is 0. The van der Waals surface area contributed by atoms with Crippen LogP contribution in [0, 0.1) is 0 Å². The van der Waals surface area contributed by atoms with Crippen LogP contribution in [0.1, 0.15) is 25.0 Å². The van der Waals surface area contributed by atoms with E-state index in [1.165, 1.54) is 80.8 Å². The van der Waals surface area contributed by atoms with Crippen LogP contribution in [0.25, 0.3) is 85.9 Å². The average molecular weight is 734 g/mol. The third kappa shape index (κ3) is 4.49. The molecule has 1 aliphatic carbocycles. The lowest BCUT2D eigenvalue weighted by Crippen LogP contribution is -2.16. The number of nitrogens with zero attached hydrogens (tertiary/aromatic N) is 1. The van der Waals surface area contributed by atoms with Crippen molar-refractivity contribution < 1.29 is 4.42 Å². The van der Waals surface area contributed by atoms with E-state index in [4.69, 9.17) is 4.42 Å². The lowest BCUT2D eigenvalue weighted by atomic mass is 9.82. The molecule has 0 saturated carbocycles. The molecule has 0 saturated heterocycles. The lowest BCUT2D eigenvalue weighted by Gasteiger charge is -2.29. The molecule has 0 N–H and O–H groups in total. The maximum absolute atomic E-state index is 6.68. The highest BCUT2D eigenvalue weighted by atomic mass is 32.1. The van der Waals surface area contributed by atoms with Gasteiger partial charge in [-0.15, -0.1) is 11.3 Å². The first-order chi connectivity index (χ1) is 27.5. The molecule has 0 bridgehead atoms. The molecule has 0 fully saturated rings. The van der Waals surface area contributed by atoms with Crippen LogP contribution in [0.15, 0.2) is 180 Å². The maximum Gasteiger partial charge on any atom is 0.143 e. The van der Waals surface area contributed by atoms with Crippen LogP contribution in [0.5, 0.6) is 0 Å². The summed E-state index contributed by atoms with van der Waals surface area (Å²) in [4.78, 5) is 2.48. The molecule has 0 spiro atoms. The van der Waals surface area contributed by atoms with Crippen LogP contribution in [-0.2, 0) is 5.41 Å². The van der Waals surface area contributed by atoms with Gasteiger partial charge in [0, 0.05) is 58.7 Å². The smallest absolute Gasteiger partial charge is 0.143 e. The zero-order valence-corrected chi connectivity index (χ0v) is 31.8. The summed E-state index contributed by atoms with van der Waals surface area (Å²) < 4.78 is 9.21. The zero-order chi connectivity index (χ0) is 37.1. The van der Waals surface area contributed by atoms with Gasteiger partial charge >= 0.3 is 0 Å². The number of hydrogen-bond donors (Lipinski definition) is 0. The van der Waals surface area contributed by atoms with Crippen LogP contribution in [0.3, 0.4) is 0 Å². The van der Waals surface area contributed by atoms with E-state index in [0.717, 1.165) is 33.3 Å². The Balaban J connectivity index is 1.10. The van der Waals surface area contributed by atoms with Crippen LogP contribution >= 0.6 is 11.3 Å². The largest absolute Gasteiger partial charge is 0.455 e. The Morgan fingerprint density at radius 2 is 1.20 bits per heavy atom. The second-order valence-corrected chi connectivity index (χ2v) is 16.8. The summed E-state index contributed by atoms with van der Waals surface area (Å²) in [6.45, 7) is 4.72. The molecule has 0 unspecified atom stereocenters. The van der Waals surface area contributed by atoms with Gasteiger partial charge < -0.3 is 9.32 Å². The van der Waals surface area contributed by atoms with Gasteiger partial charge in [0.1, 0.15) is 11.2 Å². The molecule has 0 atom stereocenters. The fourth-order valence-corrected chi connectivity index (χ4v) is 10.6. The van der Waals surface area contributed by atoms with Crippen molar-refractivity contribution in [3.8, 4) is 22.3 Å². The van der Waals surface area contributed by atoms with Gasteiger partial charge in [0.15, 0.2) is 0 Å². The van der Waals surface area contributed by atoms with Crippen LogP contribution < -0.4 is 4.90 Å². The Labute approximate surface area is 328 Å². The topological polar surface area (TPSA) is 16.4 Å². The molecule has 0 amide bonds. The summed E-state index contributed by atoms with van der Waals surface area (Å²) >= 11 is 1.85. The molecule has 2 nitrogen and oxygen atoms in total. The highest BCUT2D eigenvalue weighted by molar-refractivity contribution is 7.26. The number of benzene rings is 9. The molecule has 2 heterocycles. The van der Waals surface area contributed by atoms with Crippen molar-refractivity contribution in [2.75, 3.05) is 4.90 Å². The van der Waals surface area contributed by atoms with E-state index in [-0.39, 0.29) is 5.41 Å². The highest BCUT2D eigenvalue weighted by Gasteiger charge is 2.37. The minimum atomic E-state index is -0.112. The SMILES string of the molecule is CC1(C)c2ccccc2-c2c(N(c3ccc(-c4ccc5ccccc5c4)cc3)c3ccc4sc5ccc6oc7c8ccccc8ccc7c6c5c4c3)cccc21. The first kappa shape index (κ1) is 31.6. The van der Waals surface area contributed by atoms with Gasteiger partial charge in [-0.2, -0.15) is 0 Å². The molecular weight excluding hydrogens is 699 g/mol. The molecule has 12 rings (SSSR count). The molecule has 9 aromatic carbocycles. The Kier molecular flexibility index (Phi) is 6.59. The number of fused-ring (bicyclic) bond motifs is 13. The summed E-state index contributed by atoms with van der Waals surface area (Å²) in [6.07, 6.45) is 0. The molecule has 1 aliphatic rings. The Morgan fingerprint density at radius 1 is 0.482 bits per heavy atom. The minimum Gasteiger partial charge on any atom is -0.455 e. The van der Waals surface area contributed by atoms with Gasteiger partial charge in [0.2, 0.25) is 0 Å². The molecule has 0 radical (unpaired) electrons. The second-order valence-electron chi connectivity index (χ2n) is 15.7. The summed E-state index contributed by atoms with van der Waals surface area (Å²) in [5.41, 5.74) is 12.9. The van der Waals surface area contributed by atoms with E-state index in [1.807, 2.05) is 11.3 Å². The standard InChI is InChI=1S/C53H35NOS/c1-53(2)43-15-8-7-14-40(43)49-44(53)16-9-17-45(49)54(37-23-20-33(21-24-37)36-19-18-32-10-3-4-12-35(32)30-36)38-25-28-47-42(31-38)51-48(56-47)29-27-46-50(51)41-26-22-34-11-5-6-13-39(34)52(41)55-46/h3-31H,1-2H3. The number of furan rings is 1. The lowest BCUT2D eigenvalue weighted by molar-refractivity contribution is 0.660. The predicted octanol–water partition coefficient (Wildman–Crippen LogP) is 15.7. The fourth-order valence-electron chi connectivity index (χ4n) is 9.51. The van der Waals surface area contributed by atoms with Crippen LogP contribution in [0.2, 0.25) is 0 Å². The monoisotopic (exact) mass is 733 g/mol. The van der Waals surface area contributed by atoms with Gasteiger partial charge in [-0.1, -0.05) is 129 Å². The van der Waals surface area contributed by atoms with Crippen LogP contribution in [0.4, 0.5) is 17.1 Å². The first-order valence-corrected chi connectivity index (χ1v) is 20.1. The minimum absolute atomic E-state index is 0.112. The zero-order valence-electron chi connectivity index (χ0n) is 31.0. The Bertz CT molecular complexity index is 3400. The molecule has 3 heteroatoms. The molecule has 0 aliphatic heterocycles. The van der Waals surface area contributed by atoms with Crippen molar-refractivity contribution in [2.45, 2.75) is 19.3 Å². The molecule has 56 heavy (non-hydrogen) atoms. The summed E-state index contributed by atoms with van der Waals surface area (Å²) in [6, 6.07) is 64.7. The first-order valence-electron chi connectivity index (χ1n) is 19.3. The third-order valence-corrected chi connectivity index (χ3v) is 13.4. The number of rotatable bonds is 4. The van der Waals surface area contributed by atoms with Gasteiger partial charge in [0.05, 0.1) is 5.69 Å². The summed E-state index contributed by atoms with van der Waals surface area (Å²) in [5.74, 6) is 0. The van der Waals surface area contributed by atoms with Gasteiger partial charge in [-0.3, -0.25) is 0 Å². The molecule has 11 aromatic rings. The number of hydrogen-bond acceptors (Lipinski definition) is 3. The van der Waals surface area contributed by atoms with E-state index in [2.05, 4.69) is 195 Å². The second kappa shape index (κ2) is 11.7. The van der Waals surface area contributed by atoms with Gasteiger partial charge in [0.25, 0.3) is 0 Å². The third-order valence-electron chi connectivity index (χ3n) is 12.2. The van der Waals surface area contributed by atoms with E-state index in [9.17, 15) is 0 Å². The van der Waals surface area contributed by atoms with E-state index < -0.39 is 0 Å². The van der Waals surface area contributed by atoms with Crippen molar-refractivity contribution in [2.24, 2.45) is 0 Å². The number of thiophene rings is 1. The Morgan fingerprint density at radius 3 is 2.09 bits per heavy atom. The van der Waals surface area contributed by atoms with Crippen molar-refractivity contribution in [1.82, 2.24) is 0 Å². The predicted molar refractivity (Wildman–Crippen MR) is 239 cm³/mol. The maximum atomic E-state index is 6.68. The van der Waals surface area contributed by atoms with E-state index in [1.54, 1.807) is 0 Å². The van der Waals surface area contributed by atoms with Gasteiger partial charge in [-0.25, -0.2) is 0 Å². The number of anilines is 3. The normalized spacial score (nSPS) is 13.3. The van der Waals surface area contributed by atoms with E-state index in [0.29, 0.717) is 0 Å². The van der Waals surface area contributed by atoms with Crippen molar-refractivity contribution in [3.63, 3.8) is 0 Å². The summed E-state index contributed by atoms with van der Waals surface area (Å²) in [5, 5.41) is 9.70. The van der Waals surface area contributed by atoms with Gasteiger partial charge in [-0.05, 0) is 105 Å². The fraction of sp³-hybridized carbons (Fsp3) is 0.0566. The average Bonchev–Trinajstić information content (AvgIpc) is 3.89. The molecule has 2 aromatic heterocycles. The van der Waals surface area contributed by atoms with E-state index >= 15 is 0 Å². The van der Waals surface area contributed by atoms with Crippen molar-refractivity contribution >= 4 is 92.1 Å². The molecular formula is C53H35NOS. The Hall–Kier alpha value is -6.68. The van der Waals surface area contributed by atoms with Crippen molar-refractivity contribution in [3.05, 3.63) is 187 Å². The quantitative estimate of drug-likeness (QED) is 0.179. The highest BCUT2D eigenvalue weighted by Crippen LogP contribution is 2.55. The molecule has 264 valence electrons.